The number of hydrogen-bond donors (Lipinski definition) is 2. The van der Waals surface area contributed by atoms with Gasteiger partial charge in [0.05, 0.1) is 13.2 Å². The average Bonchev–Trinajstić information content (AvgIpc) is 3.04. The normalized spacial score (nSPS) is 13.4. The van der Waals surface area contributed by atoms with Crippen LogP contribution >= 0.6 is 7.82 Å². The van der Waals surface area contributed by atoms with E-state index >= 15 is 0 Å². The van der Waals surface area contributed by atoms with Crippen LogP contribution in [0.5, 0.6) is 0 Å². The summed E-state index contributed by atoms with van der Waals surface area (Å²) in [6.07, 6.45) is 29.9. The minimum Gasteiger partial charge on any atom is -0.462 e. The average molecular weight is 678 g/mol. The number of esters is 2. The third-order valence-electron chi connectivity index (χ3n) is 8.24. The van der Waals surface area contributed by atoms with Gasteiger partial charge in [-0.15, -0.1) is 0 Å². The summed E-state index contributed by atoms with van der Waals surface area (Å²) in [5.74, 6) is -0.819. The van der Waals surface area contributed by atoms with Crippen molar-refractivity contribution in [2.24, 2.45) is 5.73 Å². The second kappa shape index (κ2) is 33.9. The number of hydrogen-bond acceptors (Lipinski definition) is 8. The van der Waals surface area contributed by atoms with Crippen LogP contribution in [-0.2, 0) is 32.7 Å². The quantitative estimate of drug-likeness (QED) is 0.0377. The Balaban J connectivity index is 4.18. The van der Waals surface area contributed by atoms with Crippen molar-refractivity contribution in [3.8, 4) is 0 Å². The van der Waals surface area contributed by atoms with Crippen LogP contribution in [0.25, 0.3) is 0 Å². The summed E-state index contributed by atoms with van der Waals surface area (Å²) in [6, 6.07) is 0. The molecular formula is C36H72NO8P. The maximum absolute atomic E-state index is 12.5. The summed E-state index contributed by atoms with van der Waals surface area (Å²) >= 11 is 0. The number of ether oxygens (including phenoxy) is 2. The highest BCUT2D eigenvalue weighted by atomic mass is 31.2. The van der Waals surface area contributed by atoms with Crippen molar-refractivity contribution in [2.45, 2.75) is 193 Å². The van der Waals surface area contributed by atoms with E-state index in [9.17, 15) is 19.0 Å². The predicted octanol–water partition coefficient (Wildman–Crippen LogP) is 10.1. The van der Waals surface area contributed by atoms with Gasteiger partial charge in [-0.3, -0.25) is 18.6 Å². The maximum atomic E-state index is 12.5. The number of rotatable bonds is 36. The Kier molecular flexibility index (Phi) is 33.2. The van der Waals surface area contributed by atoms with E-state index < -0.39 is 26.5 Å². The van der Waals surface area contributed by atoms with Gasteiger partial charge >= 0.3 is 19.8 Å². The highest BCUT2D eigenvalue weighted by Crippen LogP contribution is 2.43. The first kappa shape index (κ1) is 45.0. The molecule has 0 spiro atoms. The molecule has 9 nitrogen and oxygen atoms in total. The number of phosphoric ester groups is 1. The Bertz CT molecular complexity index is 739. The molecular weight excluding hydrogens is 605 g/mol. The minimum atomic E-state index is -4.36. The van der Waals surface area contributed by atoms with Gasteiger partial charge in [0.25, 0.3) is 0 Å². The Morgan fingerprint density at radius 1 is 0.565 bits per heavy atom. The second-order valence-electron chi connectivity index (χ2n) is 12.8. The van der Waals surface area contributed by atoms with Crippen molar-refractivity contribution in [1.82, 2.24) is 0 Å². The first-order chi connectivity index (χ1) is 22.3. The molecule has 0 heterocycles. The van der Waals surface area contributed by atoms with Gasteiger partial charge in [-0.25, -0.2) is 4.57 Å². The van der Waals surface area contributed by atoms with E-state index in [4.69, 9.17) is 24.3 Å². The molecule has 1 unspecified atom stereocenters. The predicted molar refractivity (Wildman–Crippen MR) is 188 cm³/mol. The zero-order chi connectivity index (χ0) is 34.0. The zero-order valence-electron chi connectivity index (χ0n) is 29.8. The fourth-order valence-corrected chi connectivity index (χ4v) is 6.16. The van der Waals surface area contributed by atoms with Gasteiger partial charge in [0, 0.05) is 19.4 Å². The van der Waals surface area contributed by atoms with Crippen molar-refractivity contribution in [2.75, 3.05) is 26.4 Å². The van der Waals surface area contributed by atoms with Gasteiger partial charge in [-0.05, 0) is 12.8 Å². The highest BCUT2D eigenvalue weighted by Gasteiger charge is 2.25. The summed E-state index contributed by atoms with van der Waals surface area (Å²) in [5.41, 5.74) is 5.32. The lowest BCUT2D eigenvalue weighted by molar-refractivity contribution is -0.161. The Morgan fingerprint density at radius 3 is 1.33 bits per heavy atom. The third kappa shape index (κ3) is 32.9. The van der Waals surface area contributed by atoms with Crippen LogP contribution in [0.3, 0.4) is 0 Å². The standard InChI is InChI=1S/C36H72NO8P/c1-3-5-7-9-11-13-15-16-17-19-20-22-24-26-28-35(38)42-32-34(33-44-46(40,41)43-31-30-37)45-36(39)29-27-25-23-21-18-14-12-10-8-6-4-2/h34H,3-33,37H2,1-2H3,(H,40,41)/t34-/m1/s1. The molecule has 2 atom stereocenters. The largest absolute Gasteiger partial charge is 0.472 e. The monoisotopic (exact) mass is 677 g/mol. The maximum Gasteiger partial charge on any atom is 0.472 e. The van der Waals surface area contributed by atoms with Crippen molar-refractivity contribution >= 4 is 19.8 Å². The van der Waals surface area contributed by atoms with E-state index in [2.05, 4.69) is 13.8 Å². The first-order valence-electron chi connectivity index (χ1n) is 19.0. The van der Waals surface area contributed by atoms with Crippen molar-refractivity contribution in [3.63, 3.8) is 0 Å². The molecule has 0 saturated carbocycles. The molecule has 0 aliphatic carbocycles. The van der Waals surface area contributed by atoms with Gasteiger partial charge in [0.1, 0.15) is 6.61 Å². The zero-order valence-corrected chi connectivity index (χ0v) is 30.7. The molecule has 274 valence electrons. The third-order valence-corrected chi connectivity index (χ3v) is 9.23. The molecule has 0 aromatic carbocycles. The van der Waals surface area contributed by atoms with Crippen LogP contribution in [0, 0.1) is 0 Å². The summed E-state index contributed by atoms with van der Waals surface area (Å²) in [6.45, 7) is 3.73. The summed E-state index contributed by atoms with van der Waals surface area (Å²) in [7, 11) is -4.36. The molecule has 0 saturated heterocycles. The molecule has 0 amide bonds. The molecule has 0 fully saturated rings. The molecule has 0 aromatic heterocycles. The van der Waals surface area contributed by atoms with Crippen LogP contribution in [0.1, 0.15) is 187 Å². The Labute approximate surface area is 282 Å². The van der Waals surface area contributed by atoms with E-state index in [1.54, 1.807) is 0 Å². The van der Waals surface area contributed by atoms with Gasteiger partial charge < -0.3 is 20.1 Å². The lowest BCUT2D eigenvalue weighted by atomic mass is 10.0. The smallest absolute Gasteiger partial charge is 0.462 e. The second-order valence-corrected chi connectivity index (χ2v) is 14.3. The van der Waals surface area contributed by atoms with E-state index in [0.717, 1.165) is 32.1 Å². The van der Waals surface area contributed by atoms with E-state index in [1.165, 1.54) is 122 Å². The van der Waals surface area contributed by atoms with Gasteiger partial charge in [-0.1, -0.05) is 162 Å². The van der Waals surface area contributed by atoms with Crippen molar-refractivity contribution in [1.29, 1.82) is 0 Å². The lowest BCUT2D eigenvalue weighted by Crippen LogP contribution is -2.29. The van der Waals surface area contributed by atoms with Crippen LogP contribution in [0.15, 0.2) is 0 Å². The molecule has 0 aromatic rings. The van der Waals surface area contributed by atoms with E-state index in [-0.39, 0.29) is 38.6 Å². The van der Waals surface area contributed by atoms with Gasteiger partial charge in [0.15, 0.2) is 6.10 Å². The molecule has 0 radical (unpaired) electrons. The first-order valence-corrected chi connectivity index (χ1v) is 20.5. The Hall–Kier alpha value is -0.990. The topological polar surface area (TPSA) is 134 Å². The fraction of sp³-hybridized carbons (Fsp3) is 0.944. The summed E-state index contributed by atoms with van der Waals surface area (Å²) in [4.78, 5) is 34.6. The van der Waals surface area contributed by atoms with E-state index in [0.29, 0.717) is 6.42 Å². The van der Waals surface area contributed by atoms with Gasteiger partial charge in [-0.2, -0.15) is 0 Å². The van der Waals surface area contributed by atoms with Crippen LogP contribution in [0.2, 0.25) is 0 Å². The van der Waals surface area contributed by atoms with Crippen LogP contribution < -0.4 is 5.73 Å². The molecule has 0 aliphatic rings. The highest BCUT2D eigenvalue weighted by molar-refractivity contribution is 7.47. The Morgan fingerprint density at radius 2 is 0.935 bits per heavy atom. The molecule has 0 aliphatic heterocycles. The number of unbranched alkanes of at least 4 members (excludes halogenated alkanes) is 23. The van der Waals surface area contributed by atoms with Crippen LogP contribution in [-0.4, -0.2) is 49.3 Å². The summed E-state index contributed by atoms with van der Waals surface area (Å²) in [5, 5.41) is 0. The number of phosphoric acid groups is 1. The van der Waals surface area contributed by atoms with Crippen LogP contribution in [0.4, 0.5) is 0 Å². The van der Waals surface area contributed by atoms with E-state index in [1.807, 2.05) is 0 Å². The molecule has 0 rings (SSSR count). The molecule has 46 heavy (non-hydrogen) atoms. The molecule has 0 bridgehead atoms. The number of nitrogens with two attached hydrogens (primary N) is 1. The van der Waals surface area contributed by atoms with Crippen molar-refractivity contribution < 1.29 is 37.6 Å². The molecule has 10 heteroatoms. The minimum absolute atomic E-state index is 0.0577. The fourth-order valence-electron chi connectivity index (χ4n) is 5.40. The number of carbonyl (C=O) groups excluding carboxylic acids is 2. The number of carbonyl (C=O) groups is 2. The van der Waals surface area contributed by atoms with Crippen molar-refractivity contribution in [3.05, 3.63) is 0 Å². The summed E-state index contributed by atoms with van der Waals surface area (Å²) < 4.78 is 32.6. The SMILES string of the molecule is CCCCCCCCCCCCCCCCC(=O)OC[C@H](COP(=O)(O)OCCN)OC(=O)CCCCCCCCCCCCC. The lowest BCUT2D eigenvalue weighted by Gasteiger charge is -2.19. The molecule has 3 N–H and O–H groups in total. The van der Waals surface area contributed by atoms with Gasteiger partial charge in [0.2, 0.25) is 0 Å².